The minimum Gasteiger partial charge on any atom is -0.329 e. The van der Waals surface area contributed by atoms with Gasteiger partial charge in [-0.1, -0.05) is 77.6 Å². The average Bonchev–Trinajstić information content (AvgIpc) is 2.43. The maximum atomic E-state index is 5.37. The van der Waals surface area contributed by atoms with Crippen LogP contribution in [-0.2, 0) is 0 Å². The second-order valence-corrected chi connectivity index (χ2v) is 5.56. The smallest absolute Gasteiger partial charge is 0.0508 e. The molecule has 2 heteroatoms. The Labute approximate surface area is 121 Å². The summed E-state index contributed by atoms with van der Waals surface area (Å²) in [5.41, 5.74) is 5.37. The molecule has 0 rings (SSSR count). The molecular formula is C17H36N2. The molecule has 2 N–H and O–H groups in total. The van der Waals surface area contributed by atoms with Gasteiger partial charge in [-0.2, -0.15) is 0 Å². The summed E-state index contributed by atoms with van der Waals surface area (Å²) < 4.78 is 0. The first kappa shape index (κ1) is 18.6. The Morgan fingerprint density at radius 3 is 1.68 bits per heavy atom. The SMILES string of the molecule is CCCCCCCCCCCCCCC=NCCN. The van der Waals surface area contributed by atoms with Crippen molar-refractivity contribution < 1.29 is 0 Å². The number of aliphatic imine (C=N–C) groups is 1. The Balaban J connectivity index is 2.95. The molecule has 0 fully saturated rings. The van der Waals surface area contributed by atoms with E-state index in [9.17, 15) is 0 Å². The number of hydrogen-bond donors (Lipinski definition) is 1. The van der Waals surface area contributed by atoms with E-state index < -0.39 is 0 Å². The van der Waals surface area contributed by atoms with Crippen LogP contribution in [0.5, 0.6) is 0 Å². The van der Waals surface area contributed by atoms with E-state index in [0.717, 1.165) is 13.0 Å². The monoisotopic (exact) mass is 268 g/mol. The first-order valence-electron chi connectivity index (χ1n) is 8.60. The van der Waals surface area contributed by atoms with Crippen molar-refractivity contribution in [2.24, 2.45) is 10.7 Å². The zero-order valence-corrected chi connectivity index (χ0v) is 13.2. The van der Waals surface area contributed by atoms with Crippen LogP contribution in [0.4, 0.5) is 0 Å². The van der Waals surface area contributed by atoms with Gasteiger partial charge in [-0.3, -0.25) is 4.99 Å². The summed E-state index contributed by atoms with van der Waals surface area (Å²) in [5.74, 6) is 0. The first-order chi connectivity index (χ1) is 9.41. The summed E-state index contributed by atoms with van der Waals surface area (Å²) in [6, 6.07) is 0. The maximum absolute atomic E-state index is 5.37. The van der Waals surface area contributed by atoms with Crippen LogP contribution in [0, 0.1) is 0 Å². The molecule has 0 aliphatic heterocycles. The van der Waals surface area contributed by atoms with Crippen LogP contribution in [0.2, 0.25) is 0 Å². The summed E-state index contributed by atoms with van der Waals surface area (Å²) in [5, 5.41) is 0. The molecule has 0 aromatic heterocycles. The lowest BCUT2D eigenvalue weighted by Crippen LogP contribution is -2.02. The third kappa shape index (κ3) is 17.6. The van der Waals surface area contributed by atoms with Gasteiger partial charge in [-0.15, -0.1) is 0 Å². The Hall–Kier alpha value is -0.370. The normalized spacial score (nSPS) is 11.5. The fourth-order valence-corrected chi connectivity index (χ4v) is 2.33. The first-order valence-corrected chi connectivity index (χ1v) is 8.60. The topological polar surface area (TPSA) is 38.4 Å². The molecule has 0 heterocycles. The molecule has 0 aliphatic carbocycles. The molecular weight excluding hydrogens is 232 g/mol. The van der Waals surface area contributed by atoms with Crippen molar-refractivity contribution in [2.75, 3.05) is 13.1 Å². The Kier molecular flexibility index (Phi) is 17.3. The molecule has 0 bridgehead atoms. The van der Waals surface area contributed by atoms with Gasteiger partial charge in [0.15, 0.2) is 0 Å². The van der Waals surface area contributed by atoms with Crippen molar-refractivity contribution in [3.8, 4) is 0 Å². The minimum absolute atomic E-state index is 0.676. The minimum atomic E-state index is 0.676. The van der Waals surface area contributed by atoms with Crippen LogP contribution >= 0.6 is 0 Å². The largest absolute Gasteiger partial charge is 0.329 e. The molecule has 0 spiro atoms. The summed E-state index contributed by atoms with van der Waals surface area (Å²) >= 11 is 0. The molecule has 0 aliphatic rings. The van der Waals surface area contributed by atoms with E-state index in [1.54, 1.807) is 0 Å². The number of unbranched alkanes of at least 4 members (excludes halogenated alkanes) is 12. The van der Waals surface area contributed by atoms with Gasteiger partial charge in [-0.25, -0.2) is 0 Å². The molecule has 19 heavy (non-hydrogen) atoms. The highest BCUT2D eigenvalue weighted by atomic mass is 14.7. The Morgan fingerprint density at radius 2 is 1.21 bits per heavy atom. The lowest BCUT2D eigenvalue weighted by atomic mass is 10.0. The quantitative estimate of drug-likeness (QED) is 0.325. The molecule has 0 radical (unpaired) electrons. The standard InChI is InChI=1S/C17H36N2/c1-2-3-4-5-6-7-8-9-10-11-12-13-14-16-19-17-15-18/h16H,2-15,17-18H2,1H3. The van der Waals surface area contributed by atoms with Gasteiger partial charge in [0.2, 0.25) is 0 Å². The molecule has 0 unspecified atom stereocenters. The maximum Gasteiger partial charge on any atom is 0.0508 e. The molecule has 0 aromatic rings. The van der Waals surface area contributed by atoms with Crippen molar-refractivity contribution in [3.63, 3.8) is 0 Å². The summed E-state index contributed by atoms with van der Waals surface area (Å²) in [6.45, 7) is 3.75. The third-order valence-electron chi connectivity index (χ3n) is 3.57. The van der Waals surface area contributed by atoms with E-state index in [0.29, 0.717) is 6.54 Å². The number of nitrogens with zero attached hydrogens (tertiary/aromatic N) is 1. The number of hydrogen-bond acceptors (Lipinski definition) is 2. The number of nitrogens with two attached hydrogens (primary N) is 1. The van der Waals surface area contributed by atoms with Gasteiger partial charge in [0.1, 0.15) is 0 Å². The highest BCUT2D eigenvalue weighted by molar-refractivity contribution is 5.56. The van der Waals surface area contributed by atoms with Gasteiger partial charge < -0.3 is 5.73 Å². The fourth-order valence-electron chi connectivity index (χ4n) is 2.33. The van der Waals surface area contributed by atoms with Crippen LogP contribution in [0.25, 0.3) is 0 Å². The van der Waals surface area contributed by atoms with E-state index in [1.807, 2.05) is 6.21 Å². The van der Waals surface area contributed by atoms with Crippen LogP contribution in [0.1, 0.15) is 90.4 Å². The van der Waals surface area contributed by atoms with Gasteiger partial charge in [0.25, 0.3) is 0 Å². The molecule has 0 aromatic carbocycles. The molecule has 0 saturated heterocycles. The van der Waals surface area contributed by atoms with Crippen molar-refractivity contribution in [2.45, 2.75) is 90.4 Å². The second kappa shape index (κ2) is 17.6. The van der Waals surface area contributed by atoms with Crippen molar-refractivity contribution in [1.82, 2.24) is 0 Å². The summed E-state index contributed by atoms with van der Waals surface area (Å²) in [7, 11) is 0. The average molecular weight is 268 g/mol. The third-order valence-corrected chi connectivity index (χ3v) is 3.57. The fraction of sp³-hybridized carbons (Fsp3) is 0.941. The zero-order valence-electron chi connectivity index (χ0n) is 13.2. The lowest BCUT2D eigenvalue weighted by molar-refractivity contribution is 0.546. The molecule has 0 saturated carbocycles. The Bertz CT molecular complexity index is 178. The van der Waals surface area contributed by atoms with Gasteiger partial charge >= 0.3 is 0 Å². The van der Waals surface area contributed by atoms with Gasteiger partial charge in [0, 0.05) is 6.54 Å². The van der Waals surface area contributed by atoms with Crippen LogP contribution in [0.3, 0.4) is 0 Å². The predicted octanol–water partition coefficient (Wildman–Crippen LogP) is 5.11. The Morgan fingerprint density at radius 1 is 0.737 bits per heavy atom. The van der Waals surface area contributed by atoms with Gasteiger partial charge in [0.05, 0.1) is 6.54 Å². The summed E-state index contributed by atoms with van der Waals surface area (Å²) in [4.78, 5) is 4.23. The highest BCUT2D eigenvalue weighted by Crippen LogP contribution is 2.12. The lowest BCUT2D eigenvalue weighted by Gasteiger charge is -2.02. The van der Waals surface area contributed by atoms with Crippen LogP contribution < -0.4 is 5.73 Å². The van der Waals surface area contributed by atoms with Crippen molar-refractivity contribution in [1.29, 1.82) is 0 Å². The van der Waals surface area contributed by atoms with Crippen LogP contribution in [0.15, 0.2) is 4.99 Å². The van der Waals surface area contributed by atoms with E-state index in [1.165, 1.54) is 77.0 Å². The predicted molar refractivity (Wildman–Crippen MR) is 88.1 cm³/mol. The summed E-state index contributed by atoms with van der Waals surface area (Å²) in [6.07, 6.45) is 20.2. The molecule has 114 valence electrons. The second-order valence-electron chi connectivity index (χ2n) is 5.56. The highest BCUT2D eigenvalue weighted by Gasteiger charge is 1.92. The van der Waals surface area contributed by atoms with Crippen molar-refractivity contribution >= 4 is 6.21 Å². The molecule has 2 nitrogen and oxygen atoms in total. The molecule has 0 atom stereocenters. The van der Waals surface area contributed by atoms with E-state index in [-0.39, 0.29) is 0 Å². The van der Waals surface area contributed by atoms with E-state index in [4.69, 9.17) is 5.73 Å². The van der Waals surface area contributed by atoms with Crippen molar-refractivity contribution in [3.05, 3.63) is 0 Å². The molecule has 0 amide bonds. The van der Waals surface area contributed by atoms with E-state index in [2.05, 4.69) is 11.9 Å². The van der Waals surface area contributed by atoms with Crippen LogP contribution in [-0.4, -0.2) is 19.3 Å². The number of rotatable bonds is 15. The van der Waals surface area contributed by atoms with E-state index >= 15 is 0 Å². The van der Waals surface area contributed by atoms with Gasteiger partial charge in [-0.05, 0) is 19.1 Å². The zero-order chi connectivity index (χ0) is 14.0.